The van der Waals surface area contributed by atoms with Crippen molar-refractivity contribution in [2.45, 2.75) is 32.7 Å². The predicted octanol–water partition coefficient (Wildman–Crippen LogP) is 0.801. The molecule has 3 aromatic rings. The first-order chi connectivity index (χ1) is 13.4. The SMILES string of the molecule is CC(C)(C)c1ccc(=O)n(CCN2CCN(c3ccc4nncn4n3)CC2)n1. The minimum Gasteiger partial charge on any atom is -0.353 e. The van der Waals surface area contributed by atoms with E-state index in [0.717, 1.165) is 49.9 Å². The quantitative estimate of drug-likeness (QED) is 0.660. The lowest BCUT2D eigenvalue weighted by Crippen LogP contribution is -2.48. The van der Waals surface area contributed by atoms with E-state index in [0.29, 0.717) is 6.54 Å². The van der Waals surface area contributed by atoms with Crippen molar-refractivity contribution >= 4 is 11.5 Å². The van der Waals surface area contributed by atoms with Crippen molar-refractivity contribution in [1.82, 2.24) is 34.5 Å². The molecular formula is C19H26N8O. The van der Waals surface area contributed by atoms with Crippen molar-refractivity contribution in [3.8, 4) is 0 Å². The molecule has 1 aliphatic rings. The Morgan fingerprint density at radius 2 is 1.75 bits per heavy atom. The van der Waals surface area contributed by atoms with E-state index in [1.54, 1.807) is 21.6 Å². The van der Waals surface area contributed by atoms with Gasteiger partial charge in [-0.2, -0.15) is 9.61 Å². The first kappa shape index (κ1) is 18.5. The molecule has 0 spiro atoms. The number of fused-ring (bicyclic) bond motifs is 1. The van der Waals surface area contributed by atoms with Gasteiger partial charge in [-0.25, -0.2) is 4.68 Å². The molecule has 9 heteroatoms. The summed E-state index contributed by atoms with van der Waals surface area (Å²) in [6.07, 6.45) is 1.62. The van der Waals surface area contributed by atoms with Crippen LogP contribution in [0.4, 0.5) is 5.82 Å². The highest BCUT2D eigenvalue weighted by Gasteiger charge is 2.20. The molecule has 0 unspecified atom stereocenters. The minimum atomic E-state index is -0.0695. The Kier molecular flexibility index (Phi) is 4.84. The van der Waals surface area contributed by atoms with Crippen LogP contribution in [-0.2, 0) is 12.0 Å². The highest BCUT2D eigenvalue weighted by atomic mass is 16.1. The first-order valence-electron chi connectivity index (χ1n) is 9.63. The second-order valence-corrected chi connectivity index (χ2v) is 8.18. The third kappa shape index (κ3) is 3.89. The Balaban J connectivity index is 1.35. The van der Waals surface area contributed by atoms with Gasteiger partial charge in [0.2, 0.25) is 0 Å². The number of hydrogen-bond acceptors (Lipinski definition) is 7. The van der Waals surface area contributed by atoms with Gasteiger partial charge in [0.05, 0.1) is 12.2 Å². The van der Waals surface area contributed by atoms with Gasteiger partial charge in [-0.15, -0.1) is 15.3 Å². The van der Waals surface area contributed by atoms with Crippen LogP contribution in [0.15, 0.2) is 35.4 Å². The average molecular weight is 382 g/mol. The Morgan fingerprint density at radius 3 is 2.50 bits per heavy atom. The summed E-state index contributed by atoms with van der Waals surface area (Å²) in [6.45, 7) is 11.4. The largest absolute Gasteiger partial charge is 0.353 e. The van der Waals surface area contributed by atoms with E-state index in [1.807, 2.05) is 18.2 Å². The van der Waals surface area contributed by atoms with Crippen LogP contribution >= 0.6 is 0 Å². The minimum absolute atomic E-state index is 0.0434. The van der Waals surface area contributed by atoms with Crippen LogP contribution in [0.5, 0.6) is 0 Å². The maximum Gasteiger partial charge on any atom is 0.266 e. The highest BCUT2D eigenvalue weighted by molar-refractivity contribution is 5.45. The normalized spacial score (nSPS) is 16.0. The summed E-state index contributed by atoms with van der Waals surface area (Å²) in [4.78, 5) is 16.8. The smallest absolute Gasteiger partial charge is 0.266 e. The lowest BCUT2D eigenvalue weighted by molar-refractivity contribution is 0.241. The molecule has 0 atom stereocenters. The zero-order valence-corrected chi connectivity index (χ0v) is 16.6. The van der Waals surface area contributed by atoms with Crippen LogP contribution < -0.4 is 10.5 Å². The Hall–Kier alpha value is -2.81. The molecule has 28 heavy (non-hydrogen) atoms. The van der Waals surface area contributed by atoms with Crippen molar-refractivity contribution in [3.63, 3.8) is 0 Å². The molecule has 0 bridgehead atoms. The maximum atomic E-state index is 12.1. The lowest BCUT2D eigenvalue weighted by Gasteiger charge is -2.35. The van der Waals surface area contributed by atoms with E-state index in [2.05, 4.69) is 51.0 Å². The zero-order valence-electron chi connectivity index (χ0n) is 16.6. The molecule has 4 heterocycles. The molecule has 0 amide bonds. The molecule has 0 radical (unpaired) electrons. The molecule has 148 valence electrons. The summed E-state index contributed by atoms with van der Waals surface area (Å²) in [5.74, 6) is 0.933. The second kappa shape index (κ2) is 7.31. The van der Waals surface area contributed by atoms with Gasteiger partial charge < -0.3 is 4.90 Å². The average Bonchev–Trinajstić information content (AvgIpc) is 3.14. The third-order valence-corrected chi connectivity index (χ3v) is 5.11. The van der Waals surface area contributed by atoms with E-state index >= 15 is 0 Å². The van der Waals surface area contributed by atoms with E-state index in [-0.39, 0.29) is 11.0 Å². The summed E-state index contributed by atoms with van der Waals surface area (Å²) >= 11 is 0. The number of hydrogen-bond donors (Lipinski definition) is 0. The summed E-state index contributed by atoms with van der Waals surface area (Å²) < 4.78 is 3.29. The molecular weight excluding hydrogens is 356 g/mol. The zero-order chi connectivity index (χ0) is 19.7. The van der Waals surface area contributed by atoms with Gasteiger partial charge in [0.25, 0.3) is 5.56 Å². The van der Waals surface area contributed by atoms with Crippen molar-refractivity contribution in [3.05, 3.63) is 46.6 Å². The van der Waals surface area contributed by atoms with E-state index in [1.165, 1.54) is 0 Å². The molecule has 1 saturated heterocycles. The molecule has 1 aliphatic heterocycles. The lowest BCUT2D eigenvalue weighted by atomic mass is 9.92. The fourth-order valence-electron chi connectivity index (χ4n) is 3.33. The molecule has 9 nitrogen and oxygen atoms in total. The van der Waals surface area contributed by atoms with Gasteiger partial charge in [-0.05, 0) is 18.2 Å². The standard InChI is InChI=1S/C19H26N8O/c1-19(2,3)15-4-7-18(28)26(22-15)13-10-24-8-11-25(12-9-24)17-6-5-16-21-20-14-27(16)23-17/h4-7,14H,8-13H2,1-3H3. The number of rotatable bonds is 4. The van der Waals surface area contributed by atoms with Crippen molar-refractivity contribution in [2.75, 3.05) is 37.6 Å². The van der Waals surface area contributed by atoms with E-state index in [4.69, 9.17) is 0 Å². The molecule has 0 aromatic carbocycles. The fraction of sp³-hybridized carbons (Fsp3) is 0.526. The Bertz CT molecular complexity index is 1010. The summed E-state index contributed by atoms with van der Waals surface area (Å²) in [7, 11) is 0. The first-order valence-corrected chi connectivity index (χ1v) is 9.63. The van der Waals surface area contributed by atoms with Crippen molar-refractivity contribution < 1.29 is 0 Å². The van der Waals surface area contributed by atoms with Gasteiger partial charge in [0.15, 0.2) is 5.65 Å². The van der Waals surface area contributed by atoms with Crippen LogP contribution in [0.3, 0.4) is 0 Å². The number of nitrogens with zero attached hydrogens (tertiary/aromatic N) is 8. The molecule has 1 fully saturated rings. The highest BCUT2D eigenvalue weighted by Crippen LogP contribution is 2.18. The van der Waals surface area contributed by atoms with Crippen molar-refractivity contribution in [1.29, 1.82) is 0 Å². The van der Waals surface area contributed by atoms with Crippen LogP contribution in [0.2, 0.25) is 0 Å². The van der Waals surface area contributed by atoms with Crippen molar-refractivity contribution in [2.24, 2.45) is 0 Å². The fourth-order valence-corrected chi connectivity index (χ4v) is 3.33. The molecule has 0 N–H and O–H groups in total. The third-order valence-electron chi connectivity index (χ3n) is 5.11. The monoisotopic (exact) mass is 382 g/mol. The topological polar surface area (TPSA) is 84.5 Å². The van der Waals surface area contributed by atoms with Crippen LogP contribution in [0.25, 0.3) is 5.65 Å². The number of anilines is 1. The number of aromatic nitrogens is 6. The van der Waals surface area contributed by atoms with Gasteiger partial charge in [-0.1, -0.05) is 20.8 Å². The van der Waals surface area contributed by atoms with Gasteiger partial charge in [0.1, 0.15) is 12.1 Å². The maximum absolute atomic E-state index is 12.1. The summed E-state index contributed by atoms with van der Waals surface area (Å²) in [6, 6.07) is 7.37. The van der Waals surface area contributed by atoms with Crippen LogP contribution in [0.1, 0.15) is 26.5 Å². The van der Waals surface area contributed by atoms with Gasteiger partial charge in [0, 0.05) is 44.2 Å². The van der Waals surface area contributed by atoms with Gasteiger partial charge in [-0.3, -0.25) is 9.69 Å². The number of piperazine rings is 1. The summed E-state index contributed by atoms with van der Waals surface area (Å²) in [5.41, 5.74) is 1.57. The summed E-state index contributed by atoms with van der Waals surface area (Å²) in [5, 5.41) is 17.0. The van der Waals surface area contributed by atoms with E-state index in [9.17, 15) is 4.79 Å². The second-order valence-electron chi connectivity index (χ2n) is 8.18. The Morgan fingerprint density at radius 1 is 0.964 bits per heavy atom. The Labute approximate surface area is 163 Å². The van der Waals surface area contributed by atoms with Gasteiger partial charge >= 0.3 is 0 Å². The molecule has 0 saturated carbocycles. The molecule has 3 aromatic heterocycles. The molecule has 0 aliphatic carbocycles. The van der Waals surface area contributed by atoms with E-state index < -0.39 is 0 Å². The predicted molar refractivity (Wildman–Crippen MR) is 107 cm³/mol. The van der Waals surface area contributed by atoms with Crippen LogP contribution in [0, 0.1) is 0 Å². The van der Waals surface area contributed by atoms with Crippen LogP contribution in [-0.4, -0.2) is 67.2 Å². The molecule has 4 rings (SSSR count).